The number of carboxylic acids is 1. The second-order valence-corrected chi connectivity index (χ2v) is 2.52. The number of carboxylic acid groups (broad SMARTS) is 1. The molecule has 1 aliphatic heterocycles. The summed E-state index contributed by atoms with van der Waals surface area (Å²) in [5, 5.41) is 8.61. The second-order valence-electron chi connectivity index (χ2n) is 2.52. The maximum atomic E-state index is 10.5. The Balaban J connectivity index is 2.49. The maximum absolute atomic E-state index is 10.5. The smallest absolute Gasteiger partial charge is 0.354 e. The van der Waals surface area contributed by atoms with Crippen molar-refractivity contribution >= 4 is 17.9 Å². The van der Waals surface area contributed by atoms with Crippen molar-refractivity contribution in [1.82, 2.24) is 4.98 Å². The van der Waals surface area contributed by atoms with Crippen LogP contribution >= 0.6 is 0 Å². The van der Waals surface area contributed by atoms with Gasteiger partial charge in [-0.05, 0) is 11.6 Å². The van der Waals surface area contributed by atoms with Gasteiger partial charge < -0.3 is 5.11 Å². The third-order valence-electron chi connectivity index (χ3n) is 1.73. The zero-order valence-corrected chi connectivity index (χ0v) is 6.19. The van der Waals surface area contributed by atoms with Crippen LogP contribution < -0.4 is 0 Å². The Bertz CT molecular complexity index is 371. The first-order chi connectivity index (χ1) is 5.77. The van der Waals surface area contributed by atoms with E-state index in [9.17, 15) is 4.79 Å². The Kier molecular flexibility index (Phi) is 1.40. The largest absolute Gasteiger partial charge is 0.477 e. The molecule has 1 N–H and O–H groups in total. The summed E-state index contributed by atoms with van der Waals surface area (Å²) in [5.41, 5.74) is 1.79. The highest BCUT2D eigenvalue weighted by Gasteiger charge is 2.11. The number of rotatable bonds is 1. The molecule has 60 valence electrons. The number of aliphatic imine (C=N–C) groups is 1. The molecular formula is C8H6N2O2. The Morgan fingerprint density at radius 2 is 2.42 bits per heavy atom. The molecule has 1 aromatic rings. The molecule has 4 nitrogen and oxygen atoms in total. The van der Waals surface area contributed by atoms with Crippen LogP contribution in [0.4, 0.5) is 5.69 Å². The molecule has 0 aromatic carbocycles. The van der Waals surface area contributed by atoms with Crippen LogP contribution in [-0.2, 0) is 6.42 Å². The summed E-state index contributed by atoms with van der Waals surface area (Å²) >= 11 is 0. The van der Waals surface area contributed by atoms with Gasteiger partial charge in [0, 0.05) is 12.6 Å². The van der Waals surface area contributed by atoms with Crippen molar-refractivity contribution in [3.63, 3.8) is 0 Å². The van der Waals surface area contributed by atoms with Crippen LogP contribution in [0.25, 0.3) is 0 Å². The van der Waals surface area contributed by atoms with Gasteiger partial charge in [-0.2, -0.15) is 0 Å². The predicted octanol–water partition coefficient (Wildman–Crippen LogP) is 1.04. The molecule has 1 aromatic heterocycles. The summed E-state index contributed by atoms with van der Waals surface area (Å²) in [5.74, 6) is -0.996. The summed E-state index contributed by atoms with van der Waals surface area (Å²) in [6, 6.07) is 1.56. The molecular weight excluding hydrogens is 156 g/mol. The Hall–Kier alpha value is -1.71. The first-order valence-corrected chi connectivity index (χ1v) is 3.52. The first-order valence-electron chi connectivity index (χ1n) is 3.52. The molecule has 0 aliphatic carbocycles. The molecule has 0 saturated carbocycles. The van der Waals surface area contributed by atoms with Crippen molar-refractivity contribution in [2.24, 2.45) is 4.99 Å². The molecule has 4 heteroatoms. The summed E-state index contributed by atoms with van der Waals surface area (Å²) < 4.78 is 0. The number of pyridine rings is 1. The predicted molar refractivity (Wildman–Crippen MR) is 43.1 cm³/mol. The van der Waals surface area contributed by atoms with Crippen molar-refractivity contribution in [2.45, 2.75) is 6.42 Å². The van der Waals surface area contributed by atoms with E-state index >= 15 is 0 Å². The molecule has 2 rings (SSSR count). The maximum Gasteiger partial charge on any atom is 0.354 e. The summed E-state index contributed by atoms with van der Waals surface area (Å²) in [7, 11) is 0. The molecule has 0 radical (unpaired) electrons. The fraction of sp³-hybridized carbons (Fsp3) is 0.125. The fourth-order valence-corrected chi connectivity index (χ4v) is 1.13. The van der Waals surface area contributed by atoms with Crippen molar-refractivity contribution in [3.8, 4) is 0 Å². The lowest BCUT2D eigenvalue weighted by Gasteiger charge is -1.97. The molecule has 0 amide bonds. The number of hydrogen-bond acceptors (Lipinski definition) is 3. The fourth-order valence-electron chi connectivity index (χ4n) is 1.13. The molecule has 1 aliphatic rings. The molecule has 0 unspecified atom stereocenters. The molecule has 12 heavy (non-hydrogen) atoms. The van der Waals surface area contributed by atoms with Crippen LogP contribution in [0.1, 0.15) is 16.1 Å². The van der Waals surface area contributed by atoms with E-state index in [1.54, 1.807) is 12.3 Å². The number of aromatic carboxylic acids is 1. The minimum atomic E-state index is -0.996. The van der Waals surface area contributed by atoms with Gasteiger partial charge in [0.1, 0.15) is 5.69 Å². The number of nitrogens with zero attached hydrogens (tertiary/aromatic N) is 2. The van der Waals surface area contributed by atoms with Crippen molar-refractivity contribution in [2.75, 3.05) is 0 Å². The quantitative estimate of drug-likeness (QED) is 0.671. The van der Waals surface area contributed by atoms with Crippen LogP contribution in [-0.4, -0.2) is 22.3 Å². The molecule has 0 fully saturated rings. The first kappa shape index (κ1) is 6.97. The summed E-state index contributed by atoms with van der Waals surface area (Å²) in [6.07, 6.45) is 3.94. The molecule has 0 atom stereocenters. The van der Waals surface area contributed by atoms with Crippen LogP contribution in [0.3, 0.4) is 0 Å². The van der Waals surface area contributed by atoms with Gasteiger partial charge >= 0.3 is 5.97 Å². The van der Waals surface area contributed by atoms with E-state index in [1.807, 2.05) is 0 Å². The topological polar surface area (TPSA) is 62.5 Å². The van der Waals surface area contributed by atoms with E-state index in [0.717, 1.165) is 11.3 Å². The van der Waals surface area contributed by atoms with E-state index < -0.39 is 5.97 Å². The van der Waals surface area contributed by atoms with E-state index in [1.165, 1.54) is 6.20 Å². The lowest BCUT2D eigenvalue weighted by molar-refractivity contribution is 0.0690. The highest BCUT2D eigenvalue weighted by atomic mass is 16.4. The monoisotopic (exact) mass is 162 g/mol. The number of hydrogen-bond donors (Lipinski definition) is 1. The zero-order valence-electron chi connectivity index (χ0n) is 6.19. The van der Waals surface area contributed by atoms with Gasteiger partial charge in [-0.3, -0.25) is 4.99 Å². The van der Waals surface area contributed by atoms with E-state index in [2.05, 4.69) is 9.98 Å². The van der Waals surface area contributed by atoms with Crippen LogP contribution in [0, 0.1) is 0 Å². The van der Waals surface area contributed by atoms with E-state index in [4.69, 9.17) is 5.11 Å². The van der Waals surface area contributed by atoms with Gasteiger partial charge in [0.2, 0.25) is 0 Å². The molecule has 2 heterocycles. The van der Waals surface area contributed by atoms with Gasteiger partial charge in [-0.1, -0.05) is 0 Å². The Labute approximate surface area is 68.6 Å². The highest BCUT2D eigenvalue weighted by Crippen LogP contribution is 2.22. The number of carbonyl (C=O) groups is 1. The van der Waals surface area contributed by atoms with Gasteiger partial charge in [0.05, 0.1) is 11.9 Å². The number of aromatic nitrogens is 1. The van der Waals surface area contributed by atoms with Gasteiger partial charge in [-0.15, -0.1) is 0 Å². The Morgan fingerprint density at radius 3 is 3.17 bits per heavy atom. The second kappa shape index (κ2) is 2.41. The van der Waals surface area contributed by atoms with E-state index in [-0.39, 0.29) is 5.69 Å². The normalized spacial score (nSPS) is 13.0. The molecule has 0 spiro atoms. The molecule has 0 saturated heterocycles. The third-order valence-corrected chi connectivity index (χ3v) is 1.73. The lowest BCUT2D eigenvalue weighted by atomic mass is 10.2. The average Bonchev–Trinajstić information content (AvgIpc) is 2.49. The van der Waals surface area contributed by atoms with Crippen LogP contribution in [0.2, 0.25) is 0 Å². The van der Waals surface area contributed by atoms with E-state index in [0.29, 0.717) is 6.42 Å². The van der Waals surface area contributed by atoms with Crippen molar-refractivity contribution in [3.05, 3.63) is 23.5 Å². The van der Waals surface area contributed by atoms with Gasteiger partial charge in [-0.25, -0.2) is 9.78 Å². The zero-order chi connectivity index (χ0) is 8.55. The highest BCUT2D eigenvalue weighted by molar-refractivity contribution is 5.87. The van der Waals surface area contributed by atoms with Crippen molar-refractivity contribution < 1.29 is 9.90 Å². The van der Waals surface area contributed by atoms with Crippen molar-refractivity contribution in [1.29, 1.82) is 0 Å². The Morgan fingerprint density at radius 1 is 1.58 bits per heavy atom. The minimum absolute atomic E-state index is 0.0826. The number of fused-ring (bicyclic) bond motifs is 1. The standard InChI is InChI=1S/C8H6N2O2/c11-8(12)6-3-5-1-2-9-7(5)4-10-6/h2-4H,1H2,(H,11,12). The lowest BCUT2D eigenvalue weighted by Crippen LogP contribution is -2.00. The average molecular weight is 162 g/mol. The van der Waals surface area contributed by atoms with Gasteiger partial charge in [0.15, 0.2) is 0 Å². The van der Waals surface area contributed by atoms with Crippen LogP contribution in [0.5, 0.6) is 0 Å². The van der Waals surface area contributed by atoms with Gasteiger partial charge in [0.25, 0.3) is 0 Å². The molecule has 0 bridgehead atoms. The summed E-state index contributed by atoms with van der Waals surface area (Å²) in [6.45, 7) is 0. The SMILES string of the molecule is O=C(O)c1cc2c(cn1)N=CC2. The van der Waals surface area contributed by atoms with Crippen LogP contribution in [0.15, 0.2) is 17.3 Å². The summed E-state index contributed by atoms with van der Waals surface area (Å²) in [4.78, 5) is 18.3. The minimum Gasteiger partial charge on any atom is -0.477 e. The third kappa shape index (κ3) is 0.972.